The first-order valence-corrected chi connectivity index (χ1v) is 6.27. The summed E-state index contributed by atoms with van der Waals surface area (Å²) in [7, 11) is 0. The molecule has 2 aliphatic rings. The molecule has 2 fully saturated rings. The van der Waals surface area contributed by atoms with Crippen molar-refractivity contribution >= 4 is 5.91 Å². The lowest BCUT2D eigenvalue weighted by molar-refractivity contribution is -0.120. The first-order chi connectivity index (χ1) is 7.29. The second-order valence-corrected chi connectivity index (χ2v) is 5.02. The standard InChI is InChI=1S/C12H22N2O/c1-2-13-8-12(15)14-7-11-6-9-3-4-10(11)5-9/h9-11,13H,2-8H2,1H3,(H,14,15). The van der Waals surface area contributed by atoms with Gasteiger partial charge in [-0.05, 0) is 43.6 Å². The second-order valence-electron chi connectivity index (χ2n) is 5.02. The van der Waals surface area contributed by atoms with Crippen LogP contribution >= 0.6 is 0 Å². The maximum absolute atomic E-state index is 11.4. The highest BCUT2D eigenvalue weighted by Gasteiger charge is 2.39. The first kappa shape index (κ1) is 10.9. The number of hydrogen-bond acceptors (Lipinski definition) is 2. The number of rotatable bonds is 5. The Kier molecular flexibility index (Phi) is 3.62. The number of likely N-dealkylation sites (N-methyl/N-ethyl adjacent to an activating group) is 1. The van der Waals surface area contributed by atoms with Gasteiger partial charge in [-0.25, -0.2) is 0 Å². The number of fused-ring (bicyclic) bond motifs is 2. The van der Waals surface area contributed by atoms with E-state index in [1.165, 1.54) is 25.7 Å². The van der Waals surface area contributed by atoms with E-state index in [0.29, 0.717) is 6.54 Å². The highest BCUT2D eigenvalue weighted by Crippen LogP contribution is 2.47. The third-order valence-corrected chi connectivity index (χ3v) is 3.98. The molecule has 2 bridgehead atoms. The topological polar surface area (TPSA) is 41.1 Å². The van der Waals surface area contributed by atoms with Crippen LogP contribution in [0.1, 0.15) is 32.6 Å². The van der Waals surface area contributed by atoms with E-state index in [9.17, 15) is 4.79 Å². The summed E-state index contributed by atoms with van der Waals surface area (Å²) in [6, 6.07) is 0. The van der Waals surface area contributed by atoms with Crippen LogP contribution in [0.5, 0.6) is 0 Å². The molecule has 2 N–H and O–H groups in total. The predicted octanol–water partition coefficient (Wildman–Crippen LogP) is 1.15. The van der Waals surface area contributed by atoms with Crippen LogP contribution in [0.2, 0.25) is 0 Å². The van der Waals surface area contributed by atoms with Crippen LogP contribution in [0.3, 0.4) is 0 Å². The van der Waals surface area contributed by atoms with Crippen LogP contribution in [-0.4, -0.2) is 25.5 Å². The number of carbonyl (C=O) groups excluding carboxylic acids is 1. The summed E-state index contributed by atoms with van der Waals surface area (Å²) >= 11 is 0. The van der Waals surface area contributed by atoms with E-state index >= 15 is 0 Å². The van der Waals surface area contributed by atoms with E-state index in [0.717, 1.165) is 30.8 Å². The molecule has 2 aliphatic carbocycles. The van der Waals surface area contributed by atoms with Gasteiger partial charge in [0.1, 0.15) is 0 Å². The molecule has 0 aromatic heterocycles. The van der Waals surface area contributed by atoms with E-state index in [4.69, 9.17) is 0 Å². The fourth-order valence-corrected chi connectivity index (χ4v) is 3.17. The van der Waals surface area contributed by atoms with Crippen LogP contribution < -0.4 is 10.6 Å². The minimum Gasteiger partial charge on any atom is -0.355 e. The molecule has 0 aromatic rings. The highest BCUT2D eigenvalue weighted by molar-refractivity contribution is 5.77. The van der Waals surface area contributed by atoms with Crippen LogP contribution in [-0.2, 0) is 4.79 Å². The quantitative estimate of drug-likeness (QED) is 0.714. The summed E-state index contributed by atoms with van der Waals surface area (Å²) in [5, 5.41) is 6.09. The van der Waals surface area contributed by atoms with Gasteiger partial charge in [0.05, 0.1) is 6.54 Å². The third kappa shape index (κ3) is 2.71. The Morgan fingerprint density at radius 2 is 2.20 bits per heavy atom. The summed E-state index contributed by atoms with van der Waals surface area (Å²) < 4.78 is 0. The second kappa shape index (κ2) is 4.97. The Morgan fingerprint density at radius 3 is 2.80 bits per heavy atom. The molecular formula is C12H22N2O. The van der Waals surface area contributed by atoms with Crippen molar-refractivity contribution in [2.45, 2.75) is 32.6 Å². The van der Waals surface area contributed by atoms with E-state index in [-0.39, 0.29) is 5.91 Å². The number of amides is 1. The summed E-state index contributed by atoms with van der Waals surface area (Å²) in [5.41, 5.74) is 0. The van der Waals surface area contributed by atoms with Crippen molar-refractivity contribution in [1.82, 2.24) is 10.6 Å². The zero-order valence-corrected chi connectivity index (χ0v) is 9.59. The number of hydrogen-bond donors (Lipinski definition) is 2. The molecule has 0 spiro atoms. The SMILES string of the molecule is CCNCC(=O)NCC1CC2CCC1C2. The summed E-state index contributed by atoms with van der Waals surface area (Å²) in [6.45, 7) is 4.26. The Labute approximate surface area is 92.0 Å². The third-order valence-electron chi connectivity index (χ3n) is 3.98. The van der Waals surface area contributed by atoms with Gasteiger partial charge in [0.15, 0.2) is 0 Å². The van der Waals surface area contributed by atoms with E-state index in [1.807, 2.05) is 6.92 Å². The van der Waals surface area contributed by atoms with Crippen molar-refractivity contribution in [1.29, 1.82) is 0 Å². The Bertz CT molecular complexity index is 230. The molecular weight excluding hydrogens is 188 g/mol. The molecule has 0 aliphatic heterocycles. The Morgan fingerprint density at radius 1 is 1.33 bits per heavy atom. The average Bonchev–Trinajstić information content (AvgIpc) is 2.84. The molecule has 3 atom stereocenters. The molecule has 86 valence electrons. The smallest absolute Gasteiger partial charge is 0.233 e. The first-order valence-electron chi connectivity index (χ1n) is 6.27. The van der Waals surface area contributed by atoms with Gasteiger partial charge in [0, 0.05) is 6.54 Å². The largest absolute Gasteiger partial charge is 0.355 e. The lowest BCUT2D eigenvalue weighted by Crippen LogP contribution is -2.37. The van der Waals surface area contributed by atoms with Gasteiger partial charge in [0.2, 0.25) is 5.91 Å². The van der Waals surface area contributed by atoms with Crippen molar-refractivity contribution < 1.29 is 4.79 Å². The molecule has 2 rings (SSSR count). The molecule has 3 unspecified atom stereocenters. The van der Waals surface area contributed by atoms with Crippen molar-refractivity contribution in [2.75, 3.05) is 19.6 Å². The average molecular weight is 210 g/mol. The van der Waals surface area contributed by atoms with Crippen molar-refractivity contribution in [2.24, 2.45) is 17.8 Å². The van der Waals surface area contributed by atoms with Gasteiger partial charge < -0.3 is 10.6 Å². The normalized spacial score (nSPS) is 33.3. The summed E-state index contributed by atoms with van der Waals surface area (Å²) in [5.74, 6) is 2.81. The van der Waals surface area contributed by atoms with Gasteiger partial charge >= 0.3 is 0 Å². The van der Waals surface area contributed by atoms with Gasteiger partial charge in [-0.2, -0.15) is 0 Å². The highest BCUT2D eigenvalue weighted by atomic mass is 16.1. The molecule has 0 heterocycles. The van der Waals surface area contributed by atoms with Crippen molar-refractivity contribution in [3.63, 3.8) is 0 Å². The summed E-state index contributed by atoms with van der Waals surface area (Å²) in [4.78, 5) is 11.4. The molecule has 0 saturated heterocycles. The minimum atomic E-state index is 0.152. The predicted molar refractivity (Wildman–Crippen MR) is 60.5 cm³/mol. The van der Waals surface area contributed by atoms with Crippen LogP contribution in [0.4, 0.5) is 0 Å². The fraction of sp³-hybridized carbons (Fsp3) is 0.917. The zero-order valence-electron chi connectivity index (χ0n) is 9.59. The minimum absolute atomic E-state index is 0.152. The summed E-state index contributed by atoms with van der Waals surface area (Å²) in [6.07, 6.45) is 5.62. The molecule has 1 amide bonds. The van der Waals surface area contributed by atoms with Crippen LogP contribution in [0, 0.1) is 17.8 Å². The fourth-order valence-electron chi connectivity index (χ4n) is 3.17. The maximum Gasteiger partial charge on any atom is 0.233 e. The monoisotopic (exact) mass is 210 g/mol. The molecule has 0 radical (unpaired) electrons. The lowest BCUT2D eigenvalue weighted by atomic mass is 9.89. The molecule has 0 aromatic carbocycles. The maximum atomic E-state index is 11.4. The molecule has 15 heavy (non-hydrogen) atoms. The lowest BCUT2D eigenvalue weighted by Gasteiger charge is -2.21. The zero-order chi connectivity index (χ0) is 10.7. The van der Waals surface area contributed by atoms with Crippen LogP contribution in [0.25, 0.3) is 0 Å². The van der Waals surface area contributed by atoms with E-state index in [2.05, 4.69) is 10.6 Å². The van der Waals surface area contributed by atoms with E-state index < -0.39 is 0 Å². The van der Waals surface area contributed by atoms with Crippen molar-refractivity contribution in [3.8, 4) is 0 Å². The molecule has 3 nitrogen and oxygen atoms in total. The molecule has 3 heteroatoms. The van der Waals surface area contributed by atoms with Gasteiger partial charge in [-0.3, -0.25) is 4.79 Å². The number of carbonyl (C=O) groups is 1. The van der Waals surface area contributed by atoms with E-state index in [1.54, 1.807) is 0 Å². The van der Waals surface area contributed by atoms with Crippen LogP contribution in [0.15, 0.2) is 0 Å². The van der Waals surface area contributed by atoms with Gasteiger partial charge in [-0.15, -0.1) is 0 Å². The van der Waals surface area contributed by atoms with Gasteiger partial charge in [0.25, 0.3) is 0 Å². The van der Waals surface area contributed by atoms with Crippen molar-refractivity contribution in [3.05, 3.63) is 0 Å². The molecule has 2 saturated carbocycles. The Hall–Kier alpha value is -0.570. The Balaban J connectivity index is 1.64. The number of nitrogens with one attached hydrogen (secondary N) is 2. The van der Waals surface area contributed by atoms with Gasteiger partial charge in [-0.1, -0.05) is 13.3 Å².